The topological polar surface area (TPSA) is 133 Å². The Hall–Kier alpha value is 0.330. The van der Waals surface area contributed by atoms with E-state index in [0.717, 1.165) is 0 Å². The highest BCUT2D eigenvalue weighted by atomic mass is 127. The molecule has 0 aliphatic heterocycles. The molecule has 0 heterocycles. The van der Waals surface area contributed by atoms with E-state index < -0.39 is 11.9 Å². The molecule has 13 heteroatoms. The fraction of sp³-hybridized carbons (Fsp3) is 0.714. The highest BCUT2D eigenvalue weighted by Gasteiger charge is 2.10. The monoisotopic (exact) mass is 574 g/mol. The van der Waals surface area contributed by atoms with Gasteiger partial charge in [-0.05, 0) is 13.8 Å². The van der Waals surface area contributed by atoms with E-state index in [4.69, 9.17) is 10.2 Å². The number of aliphatic carboxylic acids is 2. The zero-order valence-electron chi connectivity index (χ0n) is 15.1. The number of nitrogens with one attached hydrogen (secondary N) is 2. The van der Waals surface area contributed by atoms with Gasteiger partial charge in [-0.3, -0.25) is 29.8 Å². The van der Waals surface area contributed by atoms with Gasteiger partial charge in [0, 0.05) is 23.3 Å². The lowest BCUT2D eigenvalue weighted by atomic mass is 10.2. The van der Waals surface area contributed by atoms with Crippen molar-refractivity contribution in [2.24, 2.45) is 0 Å². The van der Waals surface area contributed by atoms with Crippen molar-refractivity contribution in [2.75, 3.05) is 33.4 Å². The zero-order valence-corrected chi connectivity index (χ0v) is 20.7. The molecule has 0 aliphatic carbocycles. The van der Waals surface area contributed by atoms with Gasteiger partial charge in [-0.15, -0.1) is 11.8 Å². The summed E-state index contributed by atoms with van der Waals surface area (Å²) < 4.78 is 0.192. The van der Waals surface area contributed by atoms with Gasteiger partial charge in [-0.25, -0.2) is 0 Å². The summed E-state index contributed by atoms with van der Waals surface area (Å²) in [6.07, 6.45) is 0. The van der Waals surface area contributed by atoms with Crippen molar-refractivity contribution in [3.8, 4) is 0 Å². The van der Waals surface area contributed by atoms with Crippen LogP contribution in [0, 0.1) is 0 Å². The van der Waals surface area contributed by atoms with E-state index in [2.05, 4.69) is 48.5 Å². The molecule has 0 aromatic rings. The molecule has 0 aliphatic rings. The van der Waals surface area contributed by atoms with Crippen LogP contribution in [0.3, 0.4) is 0 Å². The van der Waals surface area contributed by atoms with E-state index in [1.54, 1.807) is 22.6 Å². The molecule has 160 valence electrons. The van der Waals surface area contributed by atoms with Gasteiger partial charge in [0.2, 0.25) is 0 Å². The maximum absolute atomic E-state index is 10.9. The molecule has 0 saturated carbocycles. The molecule has 0 unspecified atom stereocenters. The third kappa shape index (κ3) is 26.3. The van der Waals surface area contributed by atoms with Gasteiger partial charge in [-0.1, -0.05) is 22.6 Å². The van der Waals surface area contributed by atoms with Crippen LogP contribution >= 0.6 is 72.2 Å². The van der Waals surface area contributed by atoms with Crippen molar-refractivity contribution in [2.45, 2.75) is 25.9 Å². The third-order valence-corrected chi connectivity index (χ3v) is 4.84. The van der Waals surface area contributed by atoms with Crippen LogP contribution in [0.4, 0.5) is 0 Å². The minimum Gasteiger partial charge on any atom is -0.481 e. The van der Waals surface area contributed by atoms with Crippen molar-refractivity contribution in [3.05, 3.63) is 0 Å². The van der Waals surface area contributed by atoms with E-state index in [9.17, 15) is 19.2 Å². The minimum atomic E-state index is -0.850. The molecule has 0 saturated heterocycles. The Balaban J connectivity index is -0.000000356. The number of carboxylic acids is 2. The fourth-order valence-corrected chi connectivity index (χ4v) is 2.67. The second kappa shape index (κ2) is 22.6. The van der Waals surface area contributed by atoms with Crippen molar-refractivity contribution in [1.29, 1.82) is 0 Å². The SMILES string of the molecule is CC(=O)[C@H](CS)NCS.CC(=O)[C@H](CS)NCSCC(=O)O.O=C(O)CI. The van der Waals surface area contributed by atoms with Gasteiger partial charge in [-0.2, -0.15) is 37.9 Å². The summed E-state index contributed by atoms with van der Waals surface area (Å²) in [5.41, 5.74) is 0. The molecule has 0 bridgehead atoms. The first-order chi connectivity index (χ1) is 12.6. The van der Waals surface area contributed by atoms with Crippen molar-refractivity contribution < 1.29 is 29.4 Å². The Morgan fingerprint density at radius 2 is 1.33 bits per heavy atom. The zero-order chi connectivity index (χ0) is 21.8. The molecule has 0 spiro atoms. The van der Waals surface area contributed by atoms with Crippen molar-refractivity contribution in [3.63, 3.8) is 0 Å². The maximum Gasteiger partial charge on any atom is 0.313 e. The summed E-state index contributed by atoms with van der Waals surface area (Å²) in [4.78, 5) is 41.0. The van der Waals surface area contributed by atoms with Crippen LogP contribution < -0.4 is 10.6 Å². The van der Waals surface area contributed by atoms with Crippen molar-refractivity contribution in [1.82, 2.24) is 10.6 Å². The predicted octanol–water partition coefficient (Wildman–Crippen LogP) is 1.10. The molecule has 27 heavy (non-hydrogen) atoms. The van der Waals surface area contributed by atoms with Crippen LogP contribution in [-0.2, 0) is 19.2 Å². The molecule has 0 aromatic carbocycles. The average Bonchev–Trinajstić information content (AvgIpc) is 2.59. The Bertz CT molecular complexity index is 446. The Labute approximate surface area is 194 Å². The van der Waals surface area contributed by atoms with E-state index in [1.807, 2.05) is 0 Å². The number of thiol groups is 3. The molecule has 0 fully saturated rings. The number of ketones is 2. The minimum absolute atomic E-state index is 0.0194. The van der Waals surface area contributed by atoms with E-state index in [-0.39, 0.29) is 33.8 Å². The first kappa shape index (κ1) is 32.0. The molecule has 0 rings (SSSR count). The number of halogens is 1. The normalized spacial score (nSPS) is 11.8. The highest BCUT2D eigenvalue weighted by molar-refractivity contribution is 14.1. The van der Waals surface area contributed by atoms with E-state index in [0.29, 0.717) is 23.3 Å². The van der Waals surface area contributed by atoms with Gasteiger partial charge in [0.15, 0.2) is 0 Å². The maximum atomic E-state index is 10.9. The van der Waals surface area contributed by atoms with Crippen LogP contribution in [0.2, 0.25) is 0 Å². The lowest BCUT2D eigenvalue weighted by Crippen LogP contribution is -2.36. The molecule has 8 nitrogen and oxygen atoms in total. The number of carbonyl (C=O) groups is 4. The number of rotatable bonds is 12. The van der Waals surface area contributed by atoms with Gasteiger partial charge in [0.25, 0.3) is 0 Å². The van der Waals surface area contributed by atoms with Gasteiger partial charge in [0.05, 0.1) is 22.3 Å². The van der Waals surface area contributed by atoms with Crippen molar-refractivity contribution >= 4 is 95.7 Å². The summed E-state index contributed by atoms with van der Waals surface area (Å²) in [6.45, 7) is 3.02. The van der Waals surface area contributed by atoms with Crippen LogP contribution in [0.25, 0.3) is 0 Å². The number of hydrogen-bond acceptors (Lipinski definition) is 10. The quantitative estimate of drug-likeness (QED) is 0.0602. The number of carbonyl (C=O) groups excluding carboxylic acids is 2. The number of Topliss-reactive ketones (excluding diaryl/α,β-unsaturated/α-hetero) is 2. The molecule has 0 radical (unpaired) electrons. The van der Waals surface area contributed by atoms with Gasteiger partial charge in [0.1, 0.15) is 11.6 Å². The van der Waals surface area contributed by atoms with Crippen LogP contribution in [0.1, 0.15) is 13.8 Å². The van der Waals surface area contributed by atoms with Crippen LogP contribution in [0.5, 0.6) is 0 Å². The Morgan fingerprint density at radius 1 is 0.926 bits per heavy atom. The van der Waals surface area contributed by atoms with Gasteiger partial charge < -0.3 is 10.2 Å². The standard InChI is InChI=1S/C7H13NO3S2.C5H11NOS2.C2H3IO2/c1-5(9)6(2-12)8-4-13-3-7(10)11;1-4(7)5(2-8)6-3-9;3-1-2(4)5/h6,8,12H,2-4H2,1H3,(H,10,11);5-6,8-9H,2-3H2,1H3;1H2,(H,4,5)/t6-;5-;/m00./s1. The van der Waals surface area contributed by atoms with Crippen LogP contribution in [-0.4, -0.2) is 79.2 Å². The summed E-state index contributed by atoms with van der Waals surface area (Å²) >= 11 is 14.9. The summed E-state index contributed by atoms with van der Waals surface area (Å²) in [5, 5.41) is 21.8. The summed E-state index contributed by atoms with van der Waals surface area (Å²) in [7, 11) is 0. The fourth-order valence-electron chi connectivity index (χ4n) is 1.08. The predicted molar refractivity (Wildman–Crippen MR) is 128 cm³/mol. The van der Waals surface area contributed by atoms with Gasteiger partial charge >= 0.3 is 11.9 Å². The summed E-state index contributed by atoms with van der Waals surface area (Å²) in [5.74, 6) is 0.512. The molecule has 0 aromatic heterocycles. The molecule has 0 amide bonds. The lowest BCUT2D eigenvalue weighted by molar-refractivity contribution is -0.134. The first-order valence-electron chi connectivity index (χ1n) is 7.44. The number of hydrogen-bond donors (Lipinski definition) is 7. The molecule has 2 atom stereocenters. The highest BCUT2D eigenvalue weighted by Crippen LogP contribution is 1.98. The summed E-state index contributed by atoms with van der Waals surface area (Å²) in [6, 6.07) is -0.407. The third-order valence-electron chi connectivity index (χ3n) is 2.46. The smallest absolute Gasteiger partial charge is 0.313 e. The molecule has 4 N–H and O–H groups in total. The lowest BCUT2D eigenvalue weighted by Gasteiger charge is -2.11. The first-order valence-corrected chi connectivity index (χ1v) is 12.0. The Morgan fingerprint density at radius 3 is 1.56 bits per heavy atom. The number of thioether (sulfide) groups is 1. The molecular weight excluding hydrogens is 547 g/mol. The second-order valence-corrected chi connectivity index (χ2v) is 7.47. The Kier molecular flexibility index (Phi) is 26.8. The molecular formula is C14H27IN2O6S4. The van der Waals surface area contributed by atoms with E-state index in [1.165, 1.54) is 25.6 Å². The number of carboxylic acid groups (broad SMARTS) is 2. The second-order valence-electron chi connectivity index (χ2n) is 4.67. The van der Waals surface area contributed by atoms with Crippen LogP contribution in [0.15, 0.2) is 0 Å². The number of alkyl halides is 1. The average molecular weight is 575 g/mol. The van der Waals surface area contributed by atoms with E-state index >= 15 is 0 Å². The largest absolute Gasteiger partial charge is 0.481 e.